The monoisotopic (exact) mass is 235 g/mol. The first kappa shape index (κ1) is 12.0. The number of hydrogen-bond acceptors (Lipinski definition) is 2. The molecule has 1 nitrogen and oxygen atoms in total. The van der Waals surface area contributed by atoms with E-state index in [1.165, 1.54) is 28.2 Å². The predicted molar refractivity (Wildman–Crippen MR) is 73.1 cm³/mol. The highest BCUT2D eigenvalue weighted by atomic mass is 32.2. The Morgan fingerprint density at radius 3 is 2.81 bits per heavy atom. The number of benzene rings is 1. The second-order valence-corrected chi connectivity index (χ2v) is 6.04. The Labute approximate surface area is 103 Å². The maximum atomic E-state index is 3.69. The molecular weight excluding hydrogens is 214 g/mol. The van der Waals surface area contributed by atoms with Crippen LogP contribution in [0.3, 0.4) is 0 Å². The van der Waals surface area contributed by atoms with Crippen molar-refractivity contribution in [2.75, 3.05) is 18.1 Å². The molecule has 0 bridgehead atoms. The Balaban J connectivity index is 2.16. The number of aryl methyl sites for hydroxylation is 2. The van der Waals surface area contributed by atoms with Gasteiger partial charge in [0.2, 0.25) is 0 Å². The second-order valence-electron chi connectivity index (χ2n) is 4.96. The molecule has 0 aromatic heterocycles. The summed E-state index contributed by atoms with van der Waals surface area (Å²) in [6.45, 7) is 7.85. The van der Waals surface area contributed by atoms with Crippen LogP contribution >= 0.6 is 11.8 Å². The van der Waals surface area contributed by atoms with E-state index >= 15 is 0 Å². The average Bonchev–Trinajstić information content (AvgIpc) is 2.43. The third kappa shape index (κ3) is 2.80. The summed E-state index contributed by atoms with van der Waals surface area (Å²) in [5.74, 6) is 3.28. The maximum Gasteiger partial charge on any atom is 0.0414 e. The van der Waals surface area contributed by atoms with Crippen molar-refractivity contribution in [2.45, 2.75) is 26.8 Å². The van der Waals surface area contributed by atoms with Gasteiger partial charge >= 0.3 is 0 Å². The van der Waals surface area contributed by atoms with Crippen molar-refractivity contribution in [3.05, 3.63) is 34.9 Å². The van der Waals surface area contributed by atoms with Gasteiger partial charge in [-0.3, -0.25) is 0 Å². The van der Waals surface area contributed by atoms with Crippen LogP contribution in [0.1, 0.15) is 29.7 Å². The lowest BCUT2D eigenvalue weighted by Crippen LogP contribution is -2.26. The normalized spacial score (nSPS) is 26.4. The van der Waals surface area contributed by atoms with Gasteiger partial charge in [0.15, 0.2) is 0 Å². The van der Waals surface area contributed by atoms with E-state index in [-0.39, 0.29) is 0 Å². The molecule has 0 amide bonds. The van der Waals surface area contributed by atoms with E-state index in [9.17, 15) is 0 Å². The second kappa shape index (κ2) is 5.24. The standard InChI is InChI=1S/C14H21NS/c1-10-4-5-13(12(3)6-10)14-9-16-8-11(2)7-15-14/h4-6,11,14-15H,7-9H2,1-3H3. The molecule has 2 rings (SSSR count). The summed E-state index contributed by atoms with van der Waals surface area (Å²) < 4.78 is 0. The van der Waals surface area contributed by atoms with Crippen molar-refractivity contribution in [2.24, 2.45) is 5.92 Å². The van der Waals surface area contributed by atoms with Crippen LogP contribution in [0.15, 0.2) is 18.2 Å². The molecule has 2 heteroatoms. The first-order chi connectivity index (χ1) is 7.66. The zero-order valence-electron chi connectivity index (χ0n) is 10.4. The molecule has 1 aliphatic rings. The summed E-state index contributed by atoms with van der Waals surface area (Å²) >= 11 is 2.08. The summed E-state index contributed by atoms with van der Waals surface area (Å²) in [4.78, 5) is 0. The molecule has 1 aromatic carbocycles. The molecule has 2 atom stereocenters. The zero-order valence-corrected chi connectivity index (χ0v) is 11.2. The Morgan fingerprint density at radius 2 is 2.06 bits per heavy atom. The molecular formula is C14H21NS. The maximum absolute atomic E-state index is 3.69. The summed E-state index contributed by atoms with van der Waals surface area (Å²) in [5.41, 5.74) is 4.26. The van der Waals surface area contributed by atoms with Gasteiger partial charge in [0.05, 0.1) is 0 Å². The number of rotatable bonds is 1. The molecule has 0 radical (unpaired) electrons. The minimum atomic E-state index is 0.538. The molecule has 1 N–H and O–H groups in total. The van der Waals surface area contributed by atoms with E-state index in [2.05, 4.69) is 56.0 Å². The molecule has 1 saturated heterocycles. The van der Waals surface area contributed by atoms with E-state index in [0.717, 1.165) is 12.5 Å². The number of nitrogens with one attached hydrogen (secondary N) is 1. The van der Waals surface area contributed by atoms with E-state index in [0.29, 0.717) is 6.04 Å². The van der Waals surface area contributed by atoms with Gasteiger partial charge in [-0.15, -0.1) is 0 Å². The quantitative estimate of drug-likeness (QED) is 0.801. The molecule has 88 valence electrons. The van der Waals surface area contributed by atoms with Crippen LogP contribution in [0.4, 0.5) is 0 Å². The fourth-order valence-electron chi connectivity index (χ4n) is 2.26. The highest BCUT2D eigenvalue weighted by molar-refractivity contribution is 7.99. The van der Waals surface area contributed by atoms with Gasteiger partial charge in [0.1, 0.15) is 0 Å². The van der Waals surface area contributed by atoms with Gasteiger partial charge in [-0.2, -0.15) is 11.8 Å². The van der Waals surface area contributed by atoms with Gasteiger partial charge in [0, 0.05) is 11.8 Å². The van der Waals surface area contributed by atoms with E-state index in [4.69, 9.17) is 0 Å². The van der Waals surface area contributed by atoms with Crippen molar-refractivity contribution in [1.82, 2.24) is 5.32 Å². The lowest BCUT2D eigenvalue weighted by atomic mass is 10.00. The number of hydrogen-bond donors (Lipinski definition) is 1. The van der Waals surface area contributed by atoms with E-state index < -0.39 is 0 Å². The van der Waals surface area contributed by atoms with Crippen LogP contribution in [0.25, 0.3) is 0 Å². The Morgan fingerprint density at radius 1 is 1.25 bits per heavy atom. The van der Waals surface area contributed by atoms with Crippen molar-refractivity contribution in [3.8, 4) is 0 Å². The molecule has 1 heterocycles. The van der Waals surface area contributed by atoms with Gasteiger partial charge < -0.3 is 5.32 Å². The highest BCUT2D eigenvalue weighted by Gasteiger charge is 2.18. The Kier molecular flexibility index (Phi) is 3.93. The van der Waals surface area contributed by atoms with Crippen molar-refractivity contribution < 1.29 is 0 Å². The van der Waals surface area contributed by atoms with E-state index in [1.54, 1.807) is 0 Å². The van der Waals surface area contributed by atoms with Gasteiger partial charge in [0.25, 0.3) is 0 Å². The first-order valence-electron chi connectivity index (χ1n) is 6.05. The van der Waals surface area contributed by atoms with Crippen LogP contribution in [0.5, 0.6) is 0 Å². The summed E-state index contributed by atoms with van der Waals surface area (Å²) in [7, 11) is 0. The van der Waals surface area contributed by atoms with Gasteiger partial charge in [-0.05, 0) is 43.2 Å². The molecule has 16 heavy (non-hydrogen) atoms. The SMILES string of the molecule is Cc1ccc(C2CSCC(C)CN2)c(C)c1. The smallest absolute Gasteiger partial charge is 0.0414 e. The third-order valence-corrected chi connectivity index (χ3v) is 4.57. The fourth-order valence-corrected chi connectivity index (χ4v) is 3.45. The third-order valence-electron chi connectivity index (χ3n) is 3.20. The summed E-state index contributed by atoms with van der Waals surface area (Å²) in [5, 5.41) is 3.69. The predicted octanol–water partition coefficient (Wildman–Crippen LogP) is 3.32. The van der Waals surface area contributed by atoms with Crippen LogP contribution < -0.4 is 5.32 Å². The number of thioether (sulfide) groups is 1. The molecule has 0 aliphatic carbocycles. The van der Waals surface area contributed by atoms with E-state index in [1.807, 2.05) is 0 Å². The molecule has 1 aromatic rings. The molecule has 2 unspecified atom stereocenters. The molecule has 1 aliphatic heterocycles. The first-order valence-corrected chi connectivity index (χ1v) is 7.20. The minimum absolute atomic E-state index is 0.538. The lowest BCUT2D eigenvalue weighted by molar-refractivity contribution is 0.516. The van der Waals surface area contributed by atoms with Gasteiger partial charge in [-0.25, -0.2) is 0 Å². The summed E-state index contributed by atoms with van der Waals surface area (Å²) in [6.07, 6.45) is 0. The van der Waals surface area contributed by atoms with Crippen LogP contribution in [-0.4, -0.2) is 18.1 Å². The summed E-state index contributed by atoms with van der Waals surface area (Å²) in [6, 6.07) is 7.34. The zero-order chi connectivity index (χ0) is 11.5. The lowest BCUT2D eigenvalue weighted by Gasteiger charge is -2.19. The van der Waals surface area contributed by atoms with Crippen LogP contribution in [-0.2, 0) is 0 Å². The molecule has 0 spiro atoms. The Hall–Kier alpha value is -0.470. The van der Waals surface area contributed by atoms with Crippen molar-refractivity contribution in [3.63, 3.8) is 0 Å². The van der Waals surface area contributed by atoms with Crippen molar-refractivity contribution >= 4 is 11.8 Å². The average molecular weight is 235 g/mol. The van der Waals surface area contributed by atoms with Crippen LogP contribution in [0.2, 0.25) is 0 Å². The Bertz CT molecular complexity index is 362. The van der Waals surface area contributed by atoms with Crippen molar-refractivity contribution in [1.29, 1.82) is 0 Å². The topological polar surface area (TPSA) is 12.0 Å². The molecule has 1 fully saturated rings. The fraction of sp³-hybridized carbons (Fsp3) is 0.571. The highest BCUT2D eigenvalue weighted by Crippen LogP contribution is 2.26. The molecule has 0 saturated carbocycles. The van der Waals surface area contributed by atoms with Gasteiger partial charge in [-0.1, -0.05) is 30.7 Å². The largest absolute Gasteiger partial charge is 0.309 e. The van der Waals surface area contributed by atoms with Crippen LogP contribution in [0, 0.1) is 19.8 Å². The minimum Gasteiger partial charge on any atom is -0.309 e.